The van der Waals surface area contributed by atoms with Crippen LogP contribution in [0.25, 0.3) is 22.4 Å². The number of pyridine rings is 1. The number of benzene rings is 2. The smallest absolute Gasteiger partial charge is 0.200 e. The molecule has 0 fully saturated rings. The number of rotatable bonds is 2. The Bertz CT molecular complexity index is 814. The summed E-state index contributed by atoms with van der Waals surface area (Å²) in [6.07, 6.45) is 1.99. The van der Waals surface area contributed by atoms with E-state index in [4.69, 9.17) is 0 Å². The Morgan fingerprint density at radius 1 is 0.818 bits per heavy atom. The van der Waals surface area contributed by atoms with E-state index in [2.05, 4.69) is 0 Å². The SMILES string of the molecule is Cc1ccccc1-c1cc(F)c(-c2ccccc2C)[n+](C)c1. The van der Waals surface area contributed by atoms with Gasteiger partial charge in [-0.15, -0.1) is 0 Å². The lowest BCUT2D eigenvalue weighted by Crippen LogP contribution is -2.32. The standard InChI is InChI=1S/C20H19FN/c1-14-8-4-6-10-17(14)16-12-19(21)20(22(3)13-16)18-11-7-5-9-15(18)2/h4-13H,1-3H3/q+1. The third kappa shape index (κ3) is 2.52. The molecule has 0 amide bonds. The van der Waals surface area contributed by atoms with Gasteiger partial charge in [0.05, 0.1) is 5.56 Å². The second-order valence-electron chi connectivity index (χ2n) is 5.67. The summed E-state index contributed by atoms with van der Waals surface area (Å²) in [7, 11) is 1.90. The topological polar surface area (TPSA) is 3.88 Å². The molecule has 0 bridgehead atoms. The minimum absolute atomic E-state index is 0.197. The van der Waals surface area contributed by atoms with Gasteiger partial charge in [-0.05, 0) is 42.7 Å². The Hall–Kier alpha value is -2.48. The maximum Gasteiger partial charge on any atom is 0.248 e. The zero-order chi connectivity index (χ0) is 15.7. The summed E-state index contributed by atoms with van der Waals surface area (Å²) < 4.78 is 16.6. The summed E-state index contributed by atoms with van der Waals surface area (Å²) in [5.41, 5.74) is 5.73. The molecule has 0 unspecified atom stereocenters. The summed E-state index contributed by atoms with van der Waals surface area (Å²) in [5.74, 6) is -0.197. The van der Waals surface area contributed by atoms with Crippen molar-refractivity contribution in [3.05, 3.63) is 77.7 Å². The highest BCUT2D eigenvalue weighted by atomic mass is 19.1. The molecule has 2 heteroatoms. The van der Waals surface area contributed by atoms with Crippen LogP contribution in [-0.2, 0) is 7.05 Å². The number of hydrogen-bond acceptors (Lipinski definition) is 0. The summed E-state index contributed by atoms with van der Waals surface area (Å²) in [4.78, 5) is 0. The minimum Gasteiger partial charge on any atom is -0.200 e. The van der Waals surface area contributed by atoms with E-state index in [-0.39, 0.29) is 5.82 Å². The monoisotopic (exact) mass is 292 g/mol. The van der Waals surface area contributed by atoms with E-state index in [9.17, 15) is 4.39 Å². The fraction of sp³-hybridized carbons (Fsp3) is 0.150. The van der Waals surface area contributed by atoms with Crippen LogP contribution in [0.1, 0.15) is 11.1 Å². The molecule has 2 aromatic carbocycles. The highest BCUT2D eigenvalue weighted by Gasteiger charge is 2.20. The van der Waals surface area contributed by atoms with Crippen molar-refractivity contribution in [2.24, 2.45) is 7.05 Å². The Labute approximate surface area is 130 Å². The zero-order valence-electron chi connectivity index (χ0n) is 13.1. The van der Waals surface area contributed by atoms with Crippen molar-refractivity contribution in [2.45, 2.75) is 13.8 Å². The van der Waals surface area contributed by atoms with Gasteiger partial charge in [0.25, 0.3) is 0 Å². The van der Waals surface area contributed by atoms with E-state index < -0.39 is 0 Å². The molecule has 22 heavy (non-hydrogen) atoms. The number of nitrogens with zero attached hydrogens (tertiary/aromatic N) is 1. The second-order valence-corrected chi connectivity index (χ2v) is 5.67. The average Bonchev–Trinajstić information content (AvgIpc) is 2.49. The number of aromatic nitrogens is 1. The van der Waals surface area contributed by atoms with Crippen LogP contribution in [0.5, 0.6) is 0 Å². The van der Waals surface area contributed by atoms with Crippen LogP contribution < -0.4 is 4.57 Å². The fourth-order valence-corrected chi connectivity index (χ4v) is 2.89. The Morgan fingerprint density at radius 3 is 1.91 bits per heavy atom. The van der Waals surface area contributed by atoms with Crippen LogP contribution >= 0.6 is 0 Å². The molecule has 1 nitrogen and oxygen atoms in total. The molecule has 1 aromatic heterocycles. The molecular formula is C20H19FN+. The first-order chi connectivity index (χ1) is 10.6. The quantitative estimate of drug-likeness (QED) is 0.608. The van der Waals surface area contributed by atoms with Crippen LogP contribution in [-0.4, -0.2) is 0 Å². The number of hydrogen-bond donors (Lipinski definition) is 0. The number of halogens is 1. The third-order valence-corrected chi connectivity index (χ3v) is 4.05. The van der Waals surface area contributed by atoms with E-state index in [1.807, 2.05) is 80.2 Å². The van der Waals surface area contributed by atoms with E-state index in [1.165, 1.54) is 0 Å². The molecule has 0 saturated heterocycles. The van der Waals surface area contributed by atoms with Crippen LogP contribution in [0.4, 0.5) is 4.39 Å². The molecule has 0 atom stereocenters. The lowest BCUT2D eigenvalue weighted by atomic mass is 9.99. The van der Waals surface area contributed by atoms with E-state index >= 15 is 0 Å². The molecule has 0 aliphatic heterocycles. The highest BCUT2D eigenvalue weighted by Crippen LogP contribution is 2.27. The van der Waals surface area contributed by atoms with Gasteiger partial charge < -0.3 is 0 Å². The van der Waals surface area contributed by atoms with Gasteiger partial charge in [0.2, 0.25) is 5.69 Å². The molecule has 0 radical (unpaired) electrons. The van der Waals surface area contributed by atoms with Gasteiger partial charge >= 0.3 is 0 Å². The van der Waals surface area contributed by atoms with Gasteiger partial charge in [-0.25, -0.2) is 0 Å². The minimum atomic E-state index is -0.197. The molecule has 0 spiro atoms. The van der Waals surface area contributed by atoms with Crippen LogP contribution in [0.2, 0.25) is 0 Å². The molecule has 1 heterocycles. The maximum absolute atomic E-state index is 14.8. The van der Waals surface area contributed by atoms with E-state index in [0.29, 0.717) is 5.69 Å². The maximum atomic E-state index is 14.8. The zero-order valence-corrected chi connectivity index (χ0v) is 13.1. The van der Waals surface area contributed by atoms with Gasteiger partial charge in [-0.1, -0.05) is 42.5 Å². The highest BCUT2D eigenvalue weighted by molar-refractivity contribution is 5.68. The van der Waals surface area contributed by atoms with Gasteiger partial charge in [0.1, 0.15) is 7.05 Å². The fourth-order valence-electron chi connectivity index (χ4n) is 2.89. The van der Waals surface area contributed by atoms with Crippen LogP contribution in [0, 0.1) is 19.7 Å². The summed E-state index contributed by atoms with van der Waals surface area (Å²) in [6.45, 7) is 4.05. The first-order valence-electron chi connectivity index (χ1n) is 7.39. The van der Waals surface area contributed by atoms with Gasteiger partial charge in [-0.3, -0.25) is 0 Å². The lowest BCUT2D eigenvalue weighted by Gasteiger charge is -2.09. The molecule has 0 aliphatic rings. The average molecular weight is 292 g/mol. The van der Waals surface area contributed by atoms with E-state index in [0.717, 1.165) is 27.8 Å². The van der Waals surface area contributed by atoms with Crippen molar-refractivity contribution in [3.63, 3.8) is 0 Å². The molecular weight excluding hydrogens is 273 g/mol. The Balaban J connectivity index is 2.18. The summed E-state index contributed by atoms with van der Waals surface area (Å²) in [6, 6.07) is 17.6. The van der Waals surface area contributed by atoms with Crippen LogP contribution in [0.15, 0.2) is 60.8 Å². The number of aryl methyl sites for hydroxylation is 3. The largest absolute Gasteiger partial charge is 0.248 e. The second kappa shape index (κ2) is 5.72. The Kier molecular flexibility index (Phi) is 3.76. The molecule has 0 N–H and O–H groups in total. The van der Waals surface area contributed by atoms with Crippen molar-refractivity contribution < 1.29 is 8.96 Å². The Morgan fingerprint density at radius 2 is 1.36 bits per heavy atom. The predicted molar refractivity (Wildman–Crippen MR) is 87.9 cm³/mol. The molecule has 0 saturated carbocycles. The van der Waals surface area contributed by atoms with Crippen LogP contribution in [0.3, 0.4) is 0 Å². The normalized spacial score (nSPS) is 10.7. The summed E-state index contributed by atoms with van der Waals surface area (Å²) in [5, 5.41) is 0. The molecule has 3 aromatic rings. The van der Waals surface area contributed by atoms with Crippen molar-refractivity contribution in [3.8, 4) is 22.4 Å². The van der Waals surface area contributed by atoms with Crippen molar-refractivity contribution in [1.29, 1.82) is 0 Å². The van der Waals surface area contributed by atoms with E-state index in [1.54, 1.807) is 6.07 Å². The predicted octanol–water partition coefficient (Wildman–Crippen LogP) is 4.60. The molecule has 3 rings (SSSR count). The van der Waals surface area contributed by atoms with Gasteiger partial charge in [0, 0.05) is 5.56 Å². The lowest BCUT2D eigenvalue weighted by molar-refractivity contribution is -0.661. The summed E-state index contributed by atoms with van der Waals surface area (Å²) >= 11 is 0. The van der Waals surface area contributed by atoms with Crippen molar-refractivity contribution in [2.75, 3.05) is 0 Å². The molecule has 110 valence electrons. The van der Waals surface area contributed by atoms with Crippen molar-refractivity contribution >= 4 is 0 Å². The first kappa shape index (κ1) is 14.5. The van der Waals surface area contributed by atoms with Gasteiger partial charge in [0.15, 0.2) is 12.0 Å². The van der Waals surface area contributed by atoms with Crippen molar-refractivity contribution in [1.82, 2.24) is 0 Å². The third-order valence-electron chi connectivity index (χ3n) is 4.05. The molecule has 0 aliphatic carbocycles. The first-order valence-corrected chi connectivity index (χ1v) is 7.39. The van der Waals surface area contributed by atoms with Gasteiger partial charge in [-0.2, -0.15) is 8.96 Å².